The second-order valence-electron chi connectivity index (χ2n) is 10.3. The monoisotopic (exact) mass is 484 g/mol. The summed E-state index contributed by atoms with van der Waals surface area (Å²) in [6.45, 7) is 3.49. The summed E-state index contributed by atoms with van der Waals surface area (Å²) in [5, 5.41) is 0.863. The molecule has 2 aromatic heterocycles. The Morgan fingerprint density at radius 3 is 1.67 bits per heavy atom. The van der Waals surface area contributed by atoms with Crippen molar-refractivity contribution in [1.82, 2.24) is 0 Å². The van der Waals surface area contributed by atoms with E-state index < -0.39 is 40.7 Å². The zero-order valence-electron chi connectivity index (χ0n) is 19.6. The number of ether oxygens (including phenoxy) is 3. The number of hydrogen-bond donors (Lipinski definition) is 0. The van der Waals surface area contributed by atoms with Gasteiger partial charge in [-0.05, 0) is 38.1 Å². The molecule has 0 amide bonds. The summed E-state index contributed by atoms with van der Waals surface area (Å²) >= 11 is 0. The molecule has 0 saturated carbocycles. The SMILES string of the molecule is COC(=O)C12C([C@@H]3O[C@@]1(C)c1oc4ccccc4c(=O)c13)[C@@H]1O[C@@]2(C)c2oc3ccccc3c(=O)c21. The molecule has 0 radical (unpaired) electrons. The lowest BCUT2D eigenvalue weighted by Gasteiger charge is -2.48. The van der Waals surface area contributed by atoms with Crippen LogP contribution in [0.2, 0.25) is 0 Å². The number of esters is 1. The van der Waals surface area contributed by atoms with Gasteiger partial charge in [0.05, 0.1) is 41.2 Å². The first kappa shape index (κ1) is 20.4. The van der Waals surface area contributed by atoms with Crippen LogP contribution in [-0.2, 0) is 30.2 Å². The fourth-order valence-corrected chi connectivity index (χ4v) is 7.71. The predicted molar refractivity (Wildman–Crippen MR) is 125 cm³/mol. The van der Waals surface area contributed by atoms with Crippen LogP contribution in [0.3, 0.4) is 0 Å². The highest BCUT2D eigenvalue weighted by atomic mass is 16.6. The molecule has 36 heavy (non-hydrogen) atoms. The number of rotatable bonds is 1. The first-order valence-electron chi connectivity index (χ1n) is 11.9. The maximum absolute atomic E-state index is 13.9. The molecule has 4 aliphatic heterocycles. The van der Waals surface area contributed by atoms with Crippen molar-refractivity contribution >= 4 is 27.9 Å². The van der Waals surface area contributed by atoms with E-state index in [-0.39, 0.29) is 10.9 Å². The van der Waals surface area contributed by atoms with Gasteiger partial charge in [-0.1, -0.05) is 24.3 Å². The van der Waals surface area contributed by atoms with Crippen LogP contribution in [0.4, 0.5) is 0 Å². The van der Waals surface area contributed by atoms with Gasteiger partial charge in [-0.25, -0.2) is 0 Å². The Labute approximate surface area is 203 Å². The van der Waals surface area contributed by atoms with E-state index in [9.17, 15) is 14.4 Å². The third-order valence-electron chi connectivity index (χ3n) is 8.99. The first-order chi connectivity index (χ1) is 17.3. The number of methoxy groups -OCH3 is 1. The number of carbonyl (C=O) groups excluding carboxylic acids is 1. The van der Waals surface area contributed by atoms with Crippen molar-refractivity contribution in [2.45, 2.75) is 37.3 Å². The summed E-state index contributed by atoms with van der Waals surface area (Å²) in [5.41, 5.74) is -3.14. The zero-order valence-corrected chi connectivity index (χ0v) is 19.6. The van der Waals surface area contributed by atoms with Crippen LogP contribution in [0.25, 0.3) is 21.9 Å². The van der Waals surface area contributed by atoms with Crippen molar-refractivity contribution in [2.24, 2.45) is 11.3 Å². The van der Waals surface area contributed by atoms with E-state index in [1.165, 1.54) is 7.11 Å². The smallest absolute Gasteiger partial charge is 0.319 e. The van der Waals surface area contributed by atoms with E-state index in [1.807, 2.05) is 0 Å². The van der Waals surface area contributed by atoms with E-state index in [1.54, 1.807) is 62.4 Å². The Balaban J connectivity index is 1.50. The van der Waals surface area contributed by atoms with Gasteiger partial charge in [-0.15, -0.1) is 0 Å². The second kappa shape index (κ2) is 5.96. The summed E-state index contributed by atoms with van der Waals surface area (Å²) in [6, 6.07) is 14.0. The average molecular weight is 484 g/mol. The highest BCUT2D eigenvalue weighted by Crippen LogP contribution is 2.81. The molecular formula is C28H20O8. The lowest BCUT2D eigenvalue weighted by atomic mass is 9.50. The van der Waals surface area contributed by atoms with Crippen LogP contribution in [-0.4, -0.2) is 13.1 Å². The van der Waals surface area contributed by atoms with Gasteiger partial charge in [0.2, 0.25) is 0 Å². The van der Waals surface area contributed by atoms with Crippen LogP contribution in [0, 0.1) is 11.3 Å². The number of hydrogen-bond acceptors (Lipinski definition) is 8. The third kappa shape index (κ3) is 1.79. The van der Waals surface area contributed by atoms with Crippen molar-refractivity contribution in [3.05, 3.63) is 91.6 Å². The Morgan fingerprint density at radius 1 is 0.778 bits per heavy atom. The van der Waals surface area contributed by atoms with E-state index >= 15 is 0 Å². The van der Waals surface area contributed by atoms with Crippen molar-refractivity contribution in [1.29, 1.82) is 0 Å². The molecule has 4 aromatic rings. The van der Waals surface area contributed by atoms with Crippen molar-refractivity contribution in [3.8, 4) is 0 Å². The highest BCUT2D eigenvalue weighted by Gasteiger charge is 2.89. The predicted octanol–water partition coefficient (Wildman–Crippen LogP) is 3.98. The third-order valence-corrected chi connectivity index (χ3v) is 8.99. The maximum atomic E-state index is 13.9. The molecule has 8 nitrogen and oxygen atoms in total. The minimum atomic E-state index is -1.46. The fraction of sp³-hybridized carbons (Fsp3) is 0.321. The van der Waals surface area contributed by atoms with Crippen LogP contribution in [0.15, 0.2) is 67.0 Å². The normalized spacial score (nSPS) is 34.7. The maximum Gasteiger partial charge on any atom is 0.319 e. The molecule has 4 atom stereocenters. The summed E-state index contributed by atoms with van der Waals surface area (Å²) in [5.74, 6) is -0.668. The van der Waals surface area contributed by atoms with E-state index in [2.05, 4.69) is 0 Å². The molecule has 0 spiro atoms. The van der Waals surface area contributed by atoms with Gasteiger partial charge >= 0.3 is 5.97 Å². The quantitative estimate of drug-likeness (QED) is 0.374. The van der Waals surface area contributed by atoms with Crippen molar-refractivity contribution in [2.75, 3.05) is 7.11 Å². The summed E-state index contributed by atoms with van der Waals surface area (Å²) in [6.07, 6.45) is -1.65. The van der Waals surface area contributed by atoms with Gasteiger partial charge in [0.25, 0.3) is 0 Å². The minimum absolute atomic E-state index is 0.210. The second-order valence-corrected chi connectivity index (χ2v) is 10.3. The molecule has 0 N–H and O–H groups in total. The van der Waals surface area contributed by atoms with Crippen LogP contribution >= 0.6 is 0 Å². The Hall–Kier alpha value is -3.75. The highest BCUT2D eigenvalue weighted by molar-refractivity contribution is 5.87. The van der Waals surface area contributed by atoms with Gasteiger partial charge in [-0.3, -0.25) is 14.4 Å². The van der Waals surface area contributed by atoms with Crippen LogP contribution in [0.1, 0.15) is 48.7 Å². The Bertz CT molecular complexity index is 1690. The Kier molecular flexibility index (Phi) is 3.39. The van der Waals surface area contributed by atoms with Gasteiger partial charge in [0.1, 0.15) is 39.3 Å². The zero-order chi connectivity index (χ0) is 24.8. The molecule has 8 heteroatoms. The van der Waals surface area contributed by atoms with Gasteiger partial charge in [0, 0.05) is 5.92 Å². The lowest BCUT2D eigenvalue weighted by molar-refractivity contribution is -0.199. The molecule has 0 unspecified atom stereocenters. The van der Waals surface area contributed by atoms with E-state index in [0.717, 1.165) is 0 Å². The topological polar surface area (TPSA) is 105 Å². The van der Waals surface area contributed by atoms with Crippen molar-refractivity contribution < 1.29 is 27.8 Å². The number of carbonyl (C=O) groups is 1. The number of fused-ring (bicyclic) bond motifs is 17. The molecule has 6 heterocycles. The largest absolute Gasteiger partial charge is 0.468 e. The van der Waals surface area contributed by atoms with E-state index in [4.69, 9.17) is 23.0 Å². The van der Waals surface area contributed by atoms with Crippen LogP contribution in [0.5, 0.6) is 0 Å². The standard InChI is InChI=1S/C28H20O8/c1-26-23-16(19(29)12-8-4-6-10-14(12)33-23)21(35-26)18-22-17-20(30)13-9-5-7-11-15(13)34-24(17)27(2,36-22)28(18,26)25(31)32-3/h4-11,18,21-22H,1-3H3/t18?,21-,22-,26+,27+,28?/m1/s1. The van der Waals surface area contributed by atoms with Crippen molar-refractivity contribution in [3.63, 3.8) is 0 Å². The summed E-state index contributed by atoms with van der Waals surface area (Å²) < 4.78 is 31.2. The first-order valence-corrected chi connectivity index (χ1v) is 11.9. The summed E-state index contributed by atoms with van der Waals surface area (Å²) in [7, 11) is 1.31. The Morgan fingerprint density at radius 2 is 1.22 bits per heavy atom. The molecular weight excluding hydrogens is 464 g/mol. The van der Waals surface area contributed by atoms with Gasteiger partial charge < -0.3 is 23.0 Å². The fourth-order valence-electron chi connectivity index (χ4n) is 7.71. The molecule has 2 aromatic carbocycles. The molecule has 180 valence electrons. The molecule has 2 fully saturated rings. The molecule has 2 saturated heterocycles. The number of benzene rings is 2. The van der Waals surface area contributed by atoms with Gasteiger partial charge in [0.15, 0.2) is 10.9 Å². The minimum Gasteiger partial charge on any atom is -0.468 e. The molecule has 4 bridgehead atoms. The van der Waals surface area contributed by atoms with Gasteiger partial charge in [-0.2, -0.15) is 0 Å². The molecule has 8 rings (SSSR count). The summed E-state index contributed by atoms with van der Waals surface area (Å²) in [4.78, 5) is 41.3. The average Bonchev–Trinajstić information content (AvgIpc) is 3.54. The lowest BCUT2D eigenvalue weighted by Crippen LogP contribution is -2.61. The molecule has 0 aliphatic carbocycles. The van der Waals surface area contributed by atoms with E-state index in [0.29, 0.717) is 44.6 Å². The number of para-hydroxylation sites is 2. The van der Waals surface area contributed by atoms with Crippen LogP contribution < -0.4 is 10.9 Å². The molecule has 4 aliphatic rings.